The van der Waals surface area contributed by atoms with Gasteiger partial charge in [-0.2, -0.15) is 0 Å². The number of fused-ring (bicyclic) bond motifs is 1. The maximum atomic E-state index is 5.37. The molecule has 3 heterocycles. The van der Waals surface area contributed by atoms with Crippen molar-refractivity contribution in [2.45, 2.75) is 32.5 Å². The van der Waals surface area contributed by atoms with Gasteiger partial charge in [0.05, 0.1) is 19.8 Å². The van der Waals surface area contributed by atoms with Gasteiger partial charge in [0.1, 0.15) is 5.82 Å². The molecular formula is C17H24N4O2. The fraction of sp³-hybridized carbons (Fsp3) is 0.529. The number of rotatable bonds is 6. The van der Waals surface area contributed by atoms with Gasteiger partial charge < -0.3 is 14.0 Å². The van der Waals surface area contributed by atoms with Crippen LogP contribution >= 0.6 is 0 Å². The SMILES string of the molecule is COCCc1cnc2n1CCN(Cc1cccnc1OC)C2C. The summed E-state index contributed by atoms with van der Waals surface area (Å²) in [6.45, 7) is 5.71. The zero-order chi connectivity index (χ0) is 16.2. The van der Waals surface area contributed by atoms with E-state index in [0.717, 1.165) is 44.0 Å². The molecule has 1 aliphatic rings. The Morgan fingerprint density at radius 3 is 2.91 bits per heavy atom. The highest BCUT2D eigenvalue weighted by Crippen LogP contribution is 2.28. The molecule has 0 N–H and O–H groups in total. The molecule has 0 fully saturated rings. The molecule has 0 bridgehead atoms. The summed E-state index contributed by atoms with van der Waals surface area (Å²) in [5.74, 6) is 1.83. The van der Waals surface area contributed by atoms with E-state index in [1.165, 1.54) is 5.69 Å². The molecule has 0 spiro atoms. The lowest BCUT2D eigenvalue weighted by Gasteiger charge is -2.34. The molecule has 0 radical (unpaired) electrons. The van der Waals surface area contributed by atoms with Crippen LogP contribution in [-0.2, 0) is 24.2 Å². The third kappa shape index (κ3) is 3.23. The molecule has 0 saturated carbocycles. The van der Waals surface area contributed by atoms with Crippen molar-refractivity contribution in [3.8, 4) is 5.88 Å². The second kappa shape index (κ2) is 7.10. The van der Waals surface area contributed by atoms with E-state index in [-0.39, 0.29) is 6.04 Å². The summed E-state index contributed by atoms with van der Waals surface area (Å²) >= 11 is 0. The lowest BCUT2D eigenvalue weighted by atomic mass is 10.1. The Bertz CT molecular complexity index is 656. The Labute approximate surface area is 137 Å². The second-order valence-corrected chi connectivity index (χ2v) is 5.82. The van der Waals surface area contributed by atoms with Gasteiger partial charge in [0.15, 0.2) is 0 Å². The van der Waals surface area contributed by atoms with Gasteiger partial charge in [0.2, 0.25) is 5.88 Å². The van der Waals surface area contributed by atoms with Crippen molar-refractivity contribution in [3.05, 3.63) is 41.6 Å². The van der Waals surface area contributed by atoms with Gasteiger partial charge in [0, 0.05) is 56.8 Å². The van der Waals surface area contributed by atoms with Crippen LogP contribution in [0.5, 0.6) is 5.88 Å². The van der Waals surface area contributed by atoms with Crippen LogP contribution in [0.15, 0.2) is 24.5 Å². The fourth-order valence-electron chi connectivity index (χ4n) is 3.17. The molecule has 0 aliphatic carbocycles. The summed E-state index contributed by atoms with van der Waals surface area (Å²) in [7, 11) is 3.40. The summed E-state index contributed by atoms with van der Waals surface area (Å²) in [6.07, 6.45) is 4.66. The first-order valence-corrected chi connectivity index (χ1v) is 7.99. The maximum absolute atomic E-state index is 5.37. The smallest absolute Gasteiger partial charge is 0.217 e. The van der Waals surface area contributed by atoms with Crippen molar-refractivity contribution in [3.63, 3.8) is 0 Å². The van der Waals surface area contributed by atoms with E-state index in [2.05, 4.69) is 32.4 Å². The van der Waals surface area contributed by atoms with Crippen LogP contribution in [0.25, 0.3) is 0 Å². The summed E-state index contributed by atoms with van der Waals surface area (Å²) in [4.78, 5) is 11.3. The first kappa shape index (κ1) is 16.0. The van der Waals surface area contributed by atoms with Crippen molar-refractivity contribution in [2.75, 3.05) is 27.4 Å². The lowest BCUT2D eigenvalue weighted by molar-refractivity contribution is 0.151. The summed E-state index contributed by atoms with van der Waals surface area (Å²) in [5.41, 5.74) is 2.37. The Morgan fingerprint density at radius 1 is 1.26 bits per heavy atom. The van der Waals surface area contributed by atoms with Crippen molar-refractivity contribution in [1.29, 1.82) is 0 Å². The zero-order valence-corrected chi connectivity index (χ0v) is 14.0. The van der Waals surface area contributed by atoms with Crippen molar-refractivity contribution in [1.82, 2.24) is 19.4 Å². The largest absolute Gasteiger partial charge is 0.481 e. The third-order valence-corrected chi connectivity index (χ3v) is 4.48. The zero-order valence-electron chi connectivity index (χ0n) is 14.0. The molecule has 2 aromatic heterocycles. The van der Waals surface area contributed by atoms with Crippen molar-refractivity contribution >= 4 is 0 Å². The maximum Gasteiger partial charge on any atom is 0.217 e. The minimum Gasteiger partial charge on any atom is -0.481 e. The number of hydrogen-bond donors (Lipinski definition) is 0. The number of aromatic nitrogens is 3. The molecule has 0 aromatic carbocycles. The molecule has 23 heavy (non-hydrogen) atoms. The normalized spacial score (nSPS) is 18.0. The molecule has 1 unspecified atom stereocenters. The number of nitrogens with zero attached hydrogens (tertiary/aromatic N) is 4. The minimum absolute atomic E-state index is 0.268. The van der Waals surface area contributed by atoms with E-state index >= 15 is 0 Å². The van der Waals surface area contributed by atoms with Gasteiger partial charge in [-0.3, -0.25) is 4.90 Å². The molecule has 1 atom stereocenters. The second-order valence-electron chi connectivity index (χ2n) is 5.82. The van der Waals surface area contributed by atoms with Gasteiger partial charge in [-0.1, -0.05) is 6.07 Å². The van der Waals surface area contributed by atoms with Crippen LogP contribution in [0, 0.1) is 0 Å². The lowest BCUT2D eigenvalue weighted by Crippen LogP contribution is -2.37. The molecule has 124 valence electrons. The Morgan fingerprint density at radius 2 is 2.13 bits per heavy atom. The van der Waals surface area contributed by atoms with Crippen LogP contribution in [0.1, 0.15) is 30.0 Å². The fourth-order valence-corrected chi connectivity index (χ4v) is 3.17. The van der Waals surface area contributed by atoms with Gasteiger partial charge >= 0.3 is 0 Å². The monoisotopic (exact) mass is 316 g/mol. The van der Waals surface area contributed by atoms with Crippen LogP contribution < -0.4 is 4.74 Å². The first-order chi connectivity index (χ1) is 11.2. The highest BCUT2D eigenvalue weighted by atomic mass is 16.5. The standard InChI is InChI=1S/C17H24N4O2/c1-13-16-19-11-15(6-10-22-2)21(16)9-8-20(13)12-14-5-4-7-18-17(14)23-3/h4-5,7,11,13H,6,8-10,12H2,1-3H3. The highest BCUT2D eigenvalue weighted by Gasteiger charge is 2.27. The average molecular weight is 316 g/mol. The predicted octanol–water partition coefficient (Wildman–Crippen LogP) is 2.05. The minimum atomic E-state index is 0.268. The third-order valence-electron chi connectivity index (χ3n) is 4.48. The molecule has 2 aromatic rings. The van der Waals surface area contributed by atoms with Crippen LogP contribution in [0.4, 0.5) is 0 Å². The molecule has 6 heteroatoms. The average Bonchev–Trinajstić information content (AvgIpc) is 2.99. The number of imidazole rings is 1. The Balaban J connectivity index is 1.76. The van der Waals surface area contributed by atoms with E-state index in [4.69, 9.17) is 9.47 Å². The number of pyridine rings is 1. The summed E-state index contributed by atoms with van der Waals surface area (Å²) in [6, 6.07) is 4.30. The van der Waals surface area contributed by atoms with Crippen LogP contribution in [0.3, 0.4) is 0 Å². The molecule has 0 saturated heterocycles. The Hall–Kier alpha value is -1.92. The van der Waals surface area contributed by atoms with Crippen molar-refractivity contribution in [2.24, 2.45) is 0 Å². The topological polar surface area (TPSA) is 52.4 Å². The van der Waals surface area contributed by atoms with Crippen LogP contribution in [-0.4, -0.2) is 46.8 Å². The Kier molecular flexibility index (Phi) is 4.93. The van der Waals surface area contributed by atoms with E-state index in [1.54, 1.807) is 20.4 Å². The van der Waals surface area contributed by atoms with E-state index in [1.807, 2.05) is 12.3 Å². The number of ether oxygens (including phenoxy) is 2. The van der Waals surface area contributed by atoms with Crippen LogP contribution in [0.2, 0.25) is 0 Å². The van der Waals surface area contributed by atoms with Gasteiger partial charge in [-0.05, 0) is 13.0 Å². The van der Waals surface area contributed by atoms with E-state index in [0.29, 0.717) is 5.88 Å². The first-order valence-electron chi connectivity index (χ1n) is 7.99. The highest BCUT2D eigenvalue weighted by molar-refractivity contribution is 5.25. The molecular weight excluding hydrogens is 292 g/mol. The van der Waals surface area contributed by atoms with Gasteiger partial charge in [0.25, 0.3) is 0 Å². The summed E-state index contributed by atoms with van der Waals surface area (Å²) in [5, 5.41) is 0. The molecule has 3 rings (SSSR count). The number of hydrogen-bond acceptors (Lipinski definition) is 5. The molecule has 1 aliphatic heterocycles. The molecule has 6 nitrogen and oxygen atoms in total. The van der Waals surface area contributed by atoms with E-state index < -0.39 is 0 Å². The quantitative estimate of drug-likeness (QED) is 0.816. The van der Waals surface area contributed by atoms with Gasteiger partial charge in [-0.15, -0.1) is 0 Å². The molecule has 0 amide bonds. The van der Waals surface area contributed by atoms with Crippen molar-refractivity contribution < 1.29 is 9.47 Å². The van der Waals surface area contributed by atoms with Gasteiger partial charge in [-0.25, -0.2) is 9.97 Å². The predicted molar refractivity (Wildman–Crippen MR) is 87.4 cm³/mol. The number of methoxy groups -OCH3 is 2. The summed E-state index contributed by atoms with van der Waals surface area (Å²) < 4.78 is 12.9. The van der Waals surface area contributed by atoms with E-state index in [9.17, 15) is 0 Å².